The summed E-state index contributed by atoms with van der Waals surface area (Å²) >= 11 is 0. The quantitative estimate of drug-likeness (QED) is 0.870. The number of nitrogens with zero attached hydrogens (tertiary/aromatic N) is 4. The van der Waals surface area contributed by atoms with Crippen LogP contribution in [-0.4, -0.2) is 46.0 Å². The van der Waals surface area contributed by atoms with E-state index in [1.807, 2.05) is 24.7 Å². The predicted molar refractivity (Wildman–Crippen MR) is 81.7 cm³/mol. The van der Waals surface area contributed by atoms with Gasteiger partial charge in [0.05, 0.1) is 24.6 Å². The number of hydrogen-bond acceptors (Lipinski definition) is 4. The molecule has 0 spiro atoms. The SMILES string of the molecule is CC(C)(C#N)CCN1CCC(c2ccnn2CCO)CC1. The Morgan fingerprint density at radius 1 is 1.38 bits per heavy atom. The van der Waals surface area contributed by atoms with Crippen LogP contribution in [0.15, 0.2) is 12.3 Å². The van der Waals surface area contributed by atoms with Crippen LogP contribution in [0.1, 0.15) is 44.7 Å². The van der Waals surface area contributed by atoms with Crippen LogP contribution in [0.2, 0.25) is 0 Å². The van der Waals surface area contributed by atoms with E-state index in [-0.39, 0.29) is 12.0 Å². The largest absolute Gasteiger partial charge is 0.394 e. The summed E-state index contributed by atoms with van der Waals surface area (Å²) in [5, 5.41) is 22.4. The Hall–Kier alpha value is -1.38. The molecule has 116 valence electrons. The Bertz CT molecular complexity index is 481. The van der Waals surface area contributed by atoms with Crippen LogP contribution in [0.25, 0.3) is 0 Å². The zero-order valence-corrected chi connectivity index (χ0v) is 13.1. The summed E-state index contributed by atoms with van der Waals surface area (Å²) in [5.41, 5.74) is 1.03. The third kappa shape index (κ3) is 4.29. The molecule has 5 heteroatoms. The van der Waals surface area contributed by atoms with Crippen molar-refractivity contribution in [2.75, 3.05) is 26.2 Å². The summed E-state index contributed by atoms with van der Waals surface area (Å²) < 4.78 is 1.93. The number of aliphatic hydroxyl groups excluding tert-OH is 1. The fourth-order valence-corrected chi connectivity index (χ4v) is 2.92. The molecule has 1 aromatic heterocycles. The van der Waals surface area contributed by atoms with Crippen molar-refractivity contribution >= 4 is 0 Å². The minimum absolute atomic E-state index is 0.136. The molecule has 0 unspecified atom stereocenters. The number of aromatic nitrogens is 2. The Kier molecular flexibility index (Phi) is 5.38. The van der Waals surface area contributed by atoms with Gasteiger partial charge < -0.3 is 10.0 Å². The first-order valence-electron chi connectivity index (χ1n) is 7.82. The van der Waals surface area contributed by atoms with Crippen LogP contribution < -0.4 is 0 Å². The lowest BCUT2D eigenvalue weighted by atomic mass is 9.89. The first-order valence-corrected chi connectivity index (χ1v) is 7.82. The molecule has 5 nitrogen and oxygen atoms in total. The lowest BCUT2D eigenvalue weighted by Gasteiger charge is -2.33. The second kappa shape index (κ2) is 7.06. The Labute approximate surface area is 127 Å². The van der Waals surface area contributed by atoms with Gasteiger partial charge in [-0.3, -0.25) is 4.68 Å². The number of likely N-dealkylation sites (tertiary alicyclic amines) is 1. The minimum atomic E-state index is -0.226. The van der Waals surface area contributed by atoms with E-state index in [2.05, 4.69) is 22.1 Å². The van der Waals surface area contributed by atoms with Crippen LogP contribution in [0, 0.1) is 16.7 Å². The molecule has 1 aliphatic heterocycles. The molecule has 1 fully saturated rings. The van der Waals surface area contributed by atoms with E-state index in [1.165, 1.54) is 5.69 Å². The van der Waals surface area contributed by atoms with E-state index >= 15 is 0 Å². The molecule has 0 atom stereocenters. The molecule has 1 saturated heterocycles. The third-order valence-corrected chi connectivity index (χ3v) is 4.42. The lowest BCUT2D eigenvalue weighted by molar-refractivity contribution is 0.188. The number of nitriles is 1. The monoisotopic (exact) mass is 290 g/mol. The maximum absolute atomic E-state index is 9.08. The predicted octanol–water partition coefficient (Wildman–Crippen LogP) is 1.99. The van der Waals surface area contributed by atoms with Crippen molar-refractivity contribution in [2.45, 2.75) is 45.6 Å². The van der Waals surface area contributed by atoms with E-state index in [1.54, 1.807) is 0 Å². The topological polar surface area (TPSA) is 65.1 Å². The molecule has 0 bridgehead atoms. The molecule has 21 heavy (non-hydrogen) atoms. The highest BCUT2D eigenvalue weighted by atomic mass is 16.3. The average Bonchev–Trinajstić information content (AvgIpc) is 2.94. The highest BCUT2D eigenvalue weighted by Crippen LogP contribution is 2.29. The molecule has 0 aromatic carbocycles. The van der Waals surface area contributed by atoms with Gasteiger partial charge >= 0.3 is 0 Å². The molecule has 1 aromatic rings. The number of rotatable bonds is 6. The summed E-state index contributed by atoms with van der Waals surface area (Å²) in [5.74, 6) is 0.541. The molecule has 0 amide bonds. The molecule has 0 radical (unpaired) electrons. The van der Waals surface area contributed by atoms with Crippen LogP contribution in [0.3, 0.4) is 0 Å². The van der Waals surface area contributed by atoms with Crippen molar-refractivity contribution in [3.63, 3.8) is 0 Å². The van der Waals surface area contributed by atoms with Gasteiger partial charge in [0, 0.05) is 17.8 Å². The van der Waals surface area contributed by atoms with Gasteiger partial charge in [0.15, 0.2) is 0 Å². The van der Waals surface area contributed by atoms with Crippen molar-refractivity contribution in [2.24, 2.45) is 5.41 Å². The first kappa shape index (κ1) is 16.0. The fourth-order valence-electron chi connectivity index (χ4n) is 2.92. The van der Waals surface area contributed by atoms with Crippen molar-refractivity contribution in [1.82, 2.24) is 14.7 Å². The van der Waals surface area contributed by atoms with E-state index < -0.39 is 0 Å². The van der Waals surface area contributed by atoms with Crippen molar-refractivity contribution in [1.29, 1.82) is 5.26 Å². The van der Waals surface area contributed by atoms with Crippen molar-refractivity contribution in [3.8, 4) is 6.07 Å². The average molecular weight is 290 g/mol. The Morgan fingerprint density at radius 2 is 2.10 bits per heavy atom. The fraction of sp³-hybridized carbons (Fsp3) is 0.750. The van der Waals surface area contributed by atoms with Gasteiger partial charge in [-0.05, 0) is 58.8 Å². The maximum Gasteiger partial charge on any atom is 0.0684 e. The zero-order valence-electron chi connectivity index (χ0n) is 13.1. The highest BCUT2D eigenvalue weighted by Gasteiger charge is 2.25. The maximum atomic E-state index is 9.08. The molecular formula is C16H26N4O. The summed E-state index contributed by atoms with van der Waals surface area (Å²) in [7, 11) is 0. The second-order valence-corrected chi connectivity index (χ2v) is 6.56. The minimum Gasteiger partial charge on any atom is -0.394 e. The van der Waals surface area contributed by atoms with Gasteiger partial charge in [0.1, 0.15) is 0 Å². The molecule has 0 aliphatic carbocycles. The number of aliphatic hydroxyl groups is 1. The van der Waals surface area contributed by atoms with Crippen LogP contribution in [-0.2, 0) is 6.54 Å². The first-order chi connectivity index (χ1) is 10.1. The van der Waals surface area contributed by atoms with Gasteiger partial charge in [-0.25, -0.2) is 0 Å². The highest BCUT2D eigenvalue weighted by molar-refractivity contribution is 5.09. The van der Waals surface area contributed by atoms with E-state index in [9.17, 15) is 0 Å². The van der Waals surface area contributed by atoms with E-state index in [4.69, 9.17) is 10.4 Å². The summed E-state index contributed by atoms with van der Waals surface area (Å²) in [6.07, 6.45) is 5.01. The molecule has 1 aliphatic rings. The summed E-state index contributed by atoms with van der Waals surface area (Å²) in [6, 6.07) is 4.45. The lowest BCUT2D eigenvalue weighted by Crippen LogP contribution is -2.35. The third-order valence-electron chi connectivity index (χ3n) is 4.42. The second-order valence-electron chi connectivity index (χ2n) is 6.56. The normalized spacial score (nSPS) is 17.8. The van der Waals surface area contributed by atoms with Gasteiger partial charge in [-0.2, -0.15) is 10.4 Å². The van der Waals surface area contributed by atoms with Gasteiger partial charge in [0.2, 0.25) is 0 Å². The molecular weight excluding hydrogens is 264 g/mol. The van der Waals surface area contributed by atoms with Crippen LogP contribution in [0.4, 0.5) is 0 Å². The summed E-state index contributed by atoms with van der Waals surface area (Å²) in [4.78, 5) is 2.46. The van der Waals surface area contributed by atoms with Gasteiger partial charge in [-0.15, -0.1) is 0 Å². The van der Waals surface area contributed by atoms with Crippen molar-refractivity contribution < 1.29 is 5.11 Å². The number of hydrogen-bond donors (Lipinski definition) is 1. The molecule has 2 heterocycles. The number of piperidine rings is 1. The van der Waals surface area contributed by atoms with E-state index in [0.29, 0.717) is 12.5 Å². The van der Waals surface area contributed by atoms with Crippen LogP contribution in [0.5, 0.6) is 0 Å². The standard InChI is InChI=1S/C16H26N4O/c1-16(2,13-17)6-10-19-8-4-14(5-9-19)15-3-7-18-20(15)11-12-21/h3,7,14,21H,4-6,8-12H2,1-2H3. The molecule has 0 saturated carbocycles. The molecule has 1 N–H and O–H groups in total. The summed E-state index contributed by atoms with van der Waals surface area (Å²) in [6.45, 7) is 7.90. The van der Waals surface area contributed by atoms with E-state index in [0.717, 1.165) is 38.9 Å². The van der Waals surface area contributed by atoms with Gasteiger partial charge in [0.25, 0.3) is 0 Å². The Balaban J connectivity index is 1.83. The zero-order chi connectivity index (χ0) is 15.3. The van der Waals surface area contributed by atoms with Crippen LogP contribution >= 0.6 is 0 Å². The Morgan fingerprint density at radius 3 is 2.71 bits per heavy atom. The van der Waals surface area contributed by atoms with Crippen molar-refractivity contribution in [3.05, 3.63) is 18.0 Å². The smallest absolute Gasteiger partial charge is 0.0684 e. The molecule has 2 rings (SSSR count). The van der Waals surface area contributed by atoms with Gasteiger partial charge in [-0.1, -0.05) is 0 Å².